The van der Waals surface area contributed by atoms with Gasteiger partial charge in [-0.2, -0.15) is 0 Å². The van der Waals surface area contributed by atoms with Crippen LogP contribution >= 0.6 is 11.3 Å². The fourth-order valence-corrected chi connectivity index (χ4v) is 4.94. The normalized spacial score (nSPS) is 13.0. The van der Waals surface area contributed by atoms with E-state index in [0.717, 1.165) is 19.3 Å². The van der Waals surface area contributed by atoms with Crippen molar-refractivity contribution < 1.29 is 18.0 Å². The number of amides is 2. The molecule has 1 aliphatic carbocycles. The summed E-state index contributed by atoms with van der Waals surface area (Å²) in [5.74, 6) is -0.993. The number of hydrogen-bond donors (Lipinski definition) is 3. The maximum atomic E-state index is 12.3. The molecule has 7 nitrogen and oxygen atoms in total. The molecule has 3 N–H and O–H groups in total. The summed E-state index contributed by atoms with van der Waals surface area (Å²) in [5.41, 5.74) is 6.00. The Morgan fingerprint density at radius 3 is 2.67 bits per heavy atom. The number of benzene rings is 1. The minimum atomic E-state index is -3.74. The monoisotopic (exact) mass is 405 g/mol. The average molecular weight is 406 g/mol. The molecule has 0 radical (unpaired) electrons. The van der Waals surface area contributed by atoms with E-state index in [1.54, 1.807) is 0 Å². The van der Waals surface area contributed by atoms with Crippen LogP contribution in [0.4, 0.5) is 0 Å². The summed E-state index contributed by atoms with van der Waals surface area (Å²) in [4.78, 5) is 26.2. The van der Waals surface area contributed by atoms with Crippen LogP contribution in [0.15, 0.2) is 47.9 Å². The maximum absolute atomic E-state index is 12.3. The molecule has 3 rings (SSSR count). The van der Waals surface area contributed by atoms with Crippen molar-refractivity contribution in [1.29, 1.82) is 0 Å². The SMILES string of the molecule is C=CCNS(=O)(=O)c1cccc(C(=O)NNC(=O)c2cc3c(s2)CCC3)c1. The summed E-state index contributed by atoms with van der Waals surface area (Å²) in [5, 5.41) is 0. The Hall–Kier alpha value is -2.49. The quantitative estimate of drug-likeness (QED) is 0.503. The van der Waals surface area contributed by atoms with Gasteiger partial charge in [0, 0.05) is 17.0 Å². The van der Waals surface area contributed by atoms with E-state index in [0.29, 0.717) is 4.88 Å². The Bertz CT molecular complexity index is 974. The molecule has 1 aromatic carbocycles. The van der Waals surface area contributed by atoms with Crippen molar-refractivity contribution in [3.63, 3.8) is 0 Å². The number of hydrogen-bond acceptors (Lipinski definition) is 5. The lowest BCUT2D eigenvalue weighted by molar-refractivity contribution is 0.0848. The van der Waals surface area contributed by atoms with E-state index in [1.807, 2.05) is 6.07 Å². The molecule has 0 fully saturated rings. The summed E-state index contributed by atoms with van der Waals surface area (Å²) in [6.07, 6.45) is 4.50. The van der Waals surface area contributed by atoms with Crippen molar-refractivity contribution in [3.8, 4) is 0 Å². The first-order valence-electron chi connectivity index (χ1n) is 8.33. The van der Waals surface area contributed by atoms with Crippen LogP contribution in [0.25, 0.3) is 0 Å². The number of hydrazine groups is 1. The fraction of sp³-hybridized carbons (Fsp3) is 0.222. The van der Waals surface area contributed by atoms with Gasteiger partial charge in [0.05, 0.1) is 9.77 Å². The van der Waals surface area contributed by atoms with E-state index in [4.69, 9.17) is 0 Å². The number of carbonyl (C=O) groups is 2. The van der Waals surface area contributed by atoms with Crippen molar-refractivity contribution in [2.45, 2.75) is 24.2 Å². The van der Waals surface area contributed by atoms with Gasteiger partial charge in [0.1, 0.15) is 0 Å². The second-order valence-electron chi connectivity index (χ2n) is 5.99. The van der Waals surface area contributed by atoms with Crippen molar-refractivity contribution in [3.05, 3.63) is 63.9 Å². The lowest BCUT2D eigenvalue weighted by Gasteiger charge is -2.09. The van der Waals surface area contributed by atoms with E-state index in [9.17, 15) is 18.0 Å². The number of rotatable bonds is 6. The molecule has 0 atom stereocenters. The Morgan fingerprint density at radius 1 is 1.15 bits per heavy atom. The first kappa shape index (κ1) is 19.3. The van der Waals surface area contributed by atoms with Crippen LogP contribution in [0, 0.1) is 0 Å². The lowest BCUT2D eigenvalue weighted by Crippen LogP contribution is -2.41. The zero-order valence-corrected chi connectivity index (χ0v) is 16.1. The average Bonchev–Trinajstić information content (AvgIpc) is 3.26. The van der Waals surface area contributed by atoms with Gasteiger partial charge in [-0.05, 0) is 49.1 Å². The largest absolute Gasteiger partial charge is 0.279 e. The van der Waals surface area contributed by atoms with Crippen LogP contribution in [0.3, 0.4) is 0 Å². The predicted octanol–water partition coefficient (Wildman–Crippen LogP) is 1.78. The molecule has 0 spiro atoms. The Balaban J connectivity index is 1.64. The van der Waals surface area contributed by atoms with E-state index < -0.39 is 15.9 Å². The van der Waals surface area contributed by atoms with Gasteiger partial charge < -0.3 is 0 Å². The lowest BCUT2D eigenvalue weighted by atomic mass is 10.2. The topological polar surface area (TPSA) is 104 Å². The van der Waals surface area contributed by atoms with Crippen LogP contribution in [0.1, 0.15) is 36.9 Å². The number of aryl methyl sites for hydroxylation is 2. The third kappa shape index (κ3) is 4.44. The Morgan fingerprint density at radius 2 is 1.93 bits per heavy atom. The molecule has 0 bridgehead atoms. The third-order valence-corrected chi connectivity index (χ3v) is 6.74. The standard InChI is InChI=1S/C18H19N3O4S2/c1-2-9-19-27(24,25)14-7-3-6-13(10-14)17(22)20-21-18(23)16-11-12-5-4-8-15(12)26-16/h2-3,6-7,10-11,19H,1,4-5,8-9H2,(H,20,22)(H,21,23). The summed E-state index contributed by atoms with van der Waals surface area (Å²) in [7, 11) is -3.74. The predicted molar refractivity (Wildman–Crippen MR) is 103 cm³/mol. The van der Waals surface area contributed by atoms with E-state index >= 15 is 0 Å². The minimum absolute atomic E-state index is 0.0435. The third-order valence-electron chi connectivity index (χ3n) is 4.08. The second-order valence-corrected chi connectivity index (χ2v) is 8.89. The molecule has 1 heterocycles. The smallest absolute Gasteiger partial charge is 0.267 e. The zero-order valence-electron chi connectivity index (χ0n) is 14.4. The van der Waals surface area contributed by atoms with Crippen LogP contribution in [-0.2, 0) is 22.9 Å². The molecule has 142 valence electrons. The zero-order chi connectivity index (χ0) is 19.4. The van der Waals surface area contributed by atoms with Crippen molar-refractivity contribution >= 4 is 33.2 Å². The molecule has 9 heteroatoms. The van der Waals surface area contributed by atoms with Gasteiger partial charge in [0.25, 0.3) is 11.8 Å². The highest BCUT2D eigenvalue weighted by atomic mass is 32.2. The van der Waals surface area contributed by atoms with E-state index in [2.05, 4.69) is 22.2 Å². The van der Waals surface area contributed by atoms with Crippen molar-refractivity contribution in [2.75, 3.05) is 6.54 Å². The first-order valence-corrected chi connectivity index (χ1v) is 10.6. The summed E-state index contributed by atoms with van der Waals surface area (Å²) in [6, 6.07) is 7.41. The Labute approximate surface area is 161 Å². The molecule has 2 amide bonds. The second kappa shape index (κ2) is 8.03. The van der Waals surface area contributed by atoms with Crippen LogP contribution < -0.4 is 15.6 Å². The van der Waals surface area contributed by atoms with Gasteiger partial charge in [0.2, 0.25) is 10.0 Å². The highest BCUT2D eigenvalue weighted by molar-refractivity contribution is 7.89. The van der Waals surface area contributed by atoms with E-state index in [1.165, 1.54) is 52.1 Å². The number of sulfonamides is 1. The summed E-state index contributed by atoms with van der Waals surface area (Å²) < 4.78 is 26.6. The van der Waals surface area contributed by atoms with Crippen LogP contribution in [0.5, 0.6) is 0 Å². The molecule has 0 aliphatic heterocycles. The first-order chi connectivity index (χ1) is 12.9. The highest BCUT2D eigenvalue weighted by Gasteiger charge is 2.19. The van der Waals surface area contributed by atoms with Gasteiger partial charge in [0.15, 0.2) is 0 Å². The molecule has 27 heavy (non-hydrogen) atoms. The van der Waals surface area contributed by atoms with Crippen molar-refractivity contribution in [1.82, 2.24) is 15.6 Å². The van der Waals surface area contributed by atoms with Gasteiger partial charge in [-0.3, -0.25) is 20.4 Å². The van der Waals surface area contributed by atoms with Crippen LogP contribution in [0.2, 0.25) is 0 Å². The van der Waals surface area contributed by atoms with E-state index in [-0.39, 0.29) is 22.9 Å². The minimum Gasteiger partial charge on any atom is -0.267 e. The molecule has 0 saturated heterocycles. The number of carbonyl (C=O) groups excluding carboxylic acids is 2. The molecule has 1 aromatic heterocycles. The van der Waals surface area contributed by atoms with Gasteiger partial charge in [-0.15, -0.1) is 17.9 Å². The Kier molecular flexibility index (Phi) is 5.73. The highest BCUT2D eigenvalue weighted by Crippen LogP contribution is 2.30. The molecule has 0 saturated carbocycles. The number of nitrogens with one attached hydrogen (secondary N) is 3. The molecule has 1 aliphatic rings. The van der Waals surface area contributed by atoms with Gasteiger partial charge in [-0.25, -0.2) is 13.1 Å². The summed E-state index contributed by atoms with van der Waals surface area (Å²) in [6.45, 7) is 3.54. The number of fused-ring (bicyclic) bond motifs is 1. The van der Waals surface area contributed by atoms with Gasteiger partial charge >= 0.3 is 0 Å². The molecule has 2 aromatic rings. The maximum Gasteiger partial charge on any atom is 0.279 e. The van der Waals surface area contributed by atoms with Crippen LogP contribution in [-0.4, -0.2) is 26.8 Å². The molecule has 0 unspecified atom stereocenters. The number of thiophene rings is 1. The fourth-order valence-electron chi connectivity index (χ4n) is 2.74. The molecular weight excluding hydrogens is 386 g/mol. The van der Waals surface area contributed by atoms with Crippen molar-refractivity contribution in [2.24, 2.45) is 0 Å². The summed E-state index contributed by atoms with van der Waals surface area (Å²) >= 11 is 1.43. The molecular formula is C18H19N3O4S2. The van der Waals surface area contributed by atoms with Gasteiger partial charge in [-0.1, -0.05) is 12.1 Å².